The van der Waals surface area contributed by atoms with Crippen molar-refractivity contribution in [1.82, 2.24) is 35.1 Å². The first kappa shape index (κ1) is 12.3. The summed E-state index contributed by atoms with van der Waals surface area (Å²) in [6.45, 7) is 4.44. The van der Waals surface area contributed by atoms with Gasteiger partial charge in [-0.25, -0.2) is 14.3 Å². The van der Waals surface area contributed by atoms with E-state index in [1.165, 1.54) is 12.8 Å². The van der Waals surface area contributed by atoms with Gasteiger partial charge in [-0.2, -0.15) is 5.10 Å². The van der Waals surface area contributed by atoms with Gasteiger partial charge in [-0.05, 0) is 19.3 Å². The number of aromatic nitrogens is 6. The Bertz CT molecular complexity index is 526. The number of rotatable bonds is 7. The van der Waals surface area contributed by atoms with Crippen molar-refractivity contribution in [3.63, 3.8) is 0 Å². The predicted molar refractivity (Wildman–Crippen MR) is 69.3 cm³/mol. The smallest absolute Gasteiger partial charge is 0.148 e. The van der Waals surface area contributed by atoms with Gasteiger partial charge in [-0.3, -0.25) is 0 Å². The summed E-state index contributed by atoms with van der Waals surface area (Å²) >= 11 is 0. The van der Waals surface area contributed by atoms with Crippen molar-refractivity contribution >= 4 is 0 Å². The Morgan fingerprint density at radius 2 is 2.32 bits per heavy atom. The number of aryl methyl sites for hydroxylation is 1. The molecule has 0 amide bonds. The minimum Gasteiger partial charge on any atom is -0.308 e. The van der Waals surface area contributed by atoms with Crippen LogP contribution < -0.4 is 5.32 Å². The average molecular weight is 261 g/mol. The molecule has 2 aromatic rings. The number of nitrogens with zero attached hydrogens (tertiary/aromatic N) is 6. The van der Waals surface area contributed by atoms with E-state index in [1.807, 2.05) is 15.6 Å². The first-order valence-electron chi connectivity index (χ1n) is 6.84. The third kappa shape index (κ3) is 3.17. The lowest BCUT2D eigenvalue weighted by Gasteiger charge is -2.03. The number of nitrogens with one attached hydrogen (secondary N) is 1. The first-order valence-corrected chi connectivity index (χ1v) is 6.84. The molecule has 1 fully saturated rings. The zero-order valence-electron chi connectivity index (χ0n) is 11.2. The van der Waals surface area contributed by atoms with Crippen LogP contribution in [-0.4, -0.2) is 35.8 Å². The molecule has 0 aromatic carbocycles. The van der Waals surface area contributed by atoms with Crippen LogP contribution in [-0.2, 0) is 19.6 Å². The van der Waals surface area contributed by atoms with Gasteiger partial charge in [0.1, 0.15) is 18.7 Å². The quantitative estimate of drug-likeness (QED) is 0.789. The van der Waals surface area contributed by atoms with Gasteiger partial charge >= 0.3 is 0 Å². The maximum absolute atomic E-state index is 4.27. The predicted octanol–water partition coefficient (Wildman–Crippen LogP) is 0.580. The second-order valence-electron chi connectivity index (χ2n) is 4.96. The van der Waals surface area contributed by atoms with Gasteiger partial charge in [-0.15, -0.1) is 5.10 Å². The van der Waals surface area contributed by atoms with E-state index in [2.05, 4.69) is 32.6 Å². The minimum atomic E-state index is 0.621. The lowest BCUT2D eigenvalue weighted by molar-refractivity contribution is 0.532. The molecular weight excluding hydrogens is 242 g/mol. The highest BCUT2D eigenvalue weighted by Crippen LogP contribution is 2.18. The molecule has 1 aliphatic carbocycles. The Kier molecular flexibility index (Phi) is 3.54. The largest absolute Gasteiger partial charge is 0.308 e. The molecule has 0 bridgehead atoms. The standard InChI is InChI=1S/C12H19N7/c1-2-5-19-12(14-9-15-19)8-18-7-11(16-17-18)6-13-10-3-4-10/h7,9-10,13H,2-6,8H2,1H3. The van der Waals surface area contributed by atoms with Gasteiger partial charge in [0.25, 0.3) is 0 Å². The van der Waals surface area contributed by atoms with Gasteiger partial charge in [0.15, 0.2) is 0 Å². The molecule has 0 atom stereocenters. The van der Waals surface area contributed by atoms with Crippen LogP contribution in [0.5, 0.6) is 0 Å². The van der Waals surface area contributed by atoms with Crippen molar-refractivity contribution in [1.29, 1.82) is 0 Å². The third-order valence-electron chi connectivity index (χ3n) is 3.17. The maximum Gasteiger partial charge on any atom is 0.148 e. The van der Waals surface area contributed by atoms with Crippen LogP contribution in [0.1, 0.15) is 37.7 Å². The lowest BCUT2D eigenvalue weighted by atomic mass is 10.4. The lowest BCUT2D eigenvalue weighted by Crippen LogP contribution is -2.15. The summed E-state index contributed by atoms with van der Waals surface area (Å²) in [4.78, 5) is 4.27. The third-order valence-corrected chi connectivity index (χ3v) is 3.17. The fraction of sp³-hybridized carbons (Fsp3) is 0.667. The molecule has 1 saturated carbocycles. The van der Waals surface area contributed by atoms with E-state index >= 15 is 0 Å². The molecule has 2 heterocycles. The van der Waals surface area contributed by atoms with Crippen molar-refractivity contribution < 1.29 is 0 Å². The zero-order valence-corrected chi connectivity index (χ0v) is 11.2. The molecule has 0 unspecified atom stereocenters. The van der Waals surface area contributed by atoms with Crippen LogP contribution in [0.2, 0.25) is 0 Å². The molecule has 102 valence electrons. The normalized spacial score (nSPS) is 15.0. The molecule has 19 heavy (non-hydrogen) atoms. The molecule has 7 heteroatoms. The van der Waals surface area contributed by atoms with Gasteiger partial charge < -0.3 is 5.32 Å². The van der Waals surface area contributed by atoms with Crippen molar-refractivity contribution in [2.75, 3.05) is 0 Å². The van der Waals surface area contributed by atoms with Crippen LogP contribution in [0.4, 0.5) is 0 Å². The zero-order chi connectivity index (χ0) is 13.1. The topological polar surface area (TPSA) is 73.5 Å². The second-order valence-corrected chi connectivity index (χ2v) is 4.96. The van der Waals surface area contributed by atoms with Crippen molar-refractivity contribution in [2.24, 2.45) is 0 Å². The van der Waals surface area contributed by atoms with E-state index in [9.17, 15) is 0 Å². The molecular formula is C12H19N7. The van der Waals surface area contributed by atoms with Gasteiger partial charge in [0.2, 0.25) is 0 Å². The van der Waals surface area contributed by atoms with Crippen molar-refractivity contribution in [3.8, 4) is 0 Å². The molecule has 2 aromatic heterocycles. The summed E-state index contributed by atoms with van der Waals surface area (Å²) in [5, 5.41) is 15.9. The number of hydrogen-bond donors (Lipinski definition) is 1. The van der Waals surface area contributed by atoms with Crippen molar-refractivity contribution in [3.05, 3.63) is 24.0 Å². The van der Waals surface area contributed by atoms with E-state index in [0.29, 0.717) is 12.6 Å². The Morgan fingerprint density at radius 3 is 3.11 bits per heavy atom. The molecule has 0 saturated heterocycles. The highest BCUT2D eigenvalue weighted by atomic mass is 15.4. The number of hydrogen-bond acceptors (Lipinski definition) is 5. The summed E-state index contributed by atoms with van der Waals surface area (Å²) in [6.07, 6.45) is 7.19. The Hall–Kier alpha value is -1.76. The fourth-order valence-corrected chi connectivity index (χ4v) is 1.99. The highest BCUT2D eigenvalue weighted by molar-refractivity contribution is 4.96. The fourth-order valence-electron chi connectivity index (χ4n) is 1.99. The van der Waals surface area contributed by atoms with Crippen LogP contribution >= 0.6 is 0 Å². The Morgan fingerprint density at radius 1 is 1.42 bits per heavy atom. The summed E-state index contributed by atoms with van der Waals surface area (Å²) in [6, 6.07) is 0.692. The molecule has 0 radical (unpaired) electrons. The minimum absolute atomic E-state index is 0.621. The van der Waals surface area contributed by atoms with Crippen LogP contribution in [0.15, 0.2) is 12.5 Å². The molecule has 0 spiro atoms. The van der Waals surface area contributed by atoms with E-state index in [1.54, 1.807) is 6.33 Å². The molecule has 0 aliphatic heterocycles. The van der Waals surface area contributed by atoms with E-state index in [4.69, 9.17) is 0 Å². The summed E-state index contributed by atoms with van der Waals surface area (Å²) in [7, 11) is 0. The Balaban J connectivity index is 1.60. The van der Waals surface area contributed by atoms with Crippen molar-refractivity contribution in [2.45, 2.75) is 51.9 Å². The molecule has 3 rings (SSSR count). The maximum atomic E-state index is 4.27. The monoisotopic (exact) mass is 261 g/mol. The van der Waals surface area contributed by atoms with Gasteiger partial charge in [0, 0.05) is 19.1 Å². The first-order chi connectivity index (χ1) is 9.35. The summed E-state index contributed by atoms with van der Waals surface area (Å²) in [5.41, 5.74) is 0.980. The van der Waals surface area contributed by atoms with Crippen LogP contribution in [0.3, 0.4) is 0 Å². The van der Waals surface area contributed by atoms with E-state index in [-0.39, 0.29) is 0 Å². The van der Waals surface area contributed by atoms with Crippen LogP contribution in [0.25, 0.3) is 0 Å². The average Bonchev–Trinajstić information content (AvgIpc) is 2.98. The summed E-state index contributed by atoms with van der Waals surface area (Å²) < 4.78 is 3.74. The summed E-state index contributed by atoms with van der Waals surface area (Å²) in [5.74, 6) is 0.924. The SMILES string of the molecule is CCCn1ncnc1Cn1cc(CNC2CC2)nn1. The van der Waals surface area contributed by atoms with Gasteiger partial charge in [-0.1, -0.05) is 12.1 Å². The highest BCUT2D eigenvalue weighted by Gasteiger charge is 2.20. The molecule has 7 nitrogen and oxygen atoms in total. The van der Waals surface area contributed by atoms with Crippen LogP contribution in [0, 0.1) is 0 Å². The van der Waals surface area contributed by atoms with E-state index in [0.717, 1.165) is 31.0 Å². The molecule has 1 aliphatic rings. The van der Waals surface area contributed by atoms with Gasteiger partial charge in [0.05, 0.1) is 11.9 Å². The molecule has 1 N–H and O–H groups in total. The Labute approximate surface area is 112 Å². The second kappa shape index (κ2) is 5.48. The van der Waals surface area contributed by atoms with E-state index < -0.39 is 0 Å².